The number of benzene rings is 1. The number of hydrogen-bond acceptors (Lipinski definition) is 3. The fourth-order valence-electron chi connectivity index (χ4n) is 2.28. The molecule has 0 heterocycles. The molecule has 1 aliphatic carbocycles. The molecule has 0 unspecified atom stereocenters. The molecule has 5 nitrogen and oxygen atoms in total. The second-order valence-electron chi connectivity index (χ2n) is 5.81. The fourth-order valence-corrected chi connectivity index (χ4v) is 3.23. The van der Waals surface area contributed by atoms with Crippen LogP contribution in [0.2, 0.25) is 0 Å². The normalized spacial score (nSPS) is 16.8. The summed E-state index contributed by atoms with van der Waals surface area (Å²) in [6.45, 7) is 2.04. The maximum Gasteiger partial charge on any atom is 0.253 e. The average Bonchev–Trinajstić information content (AvgIpc) is 3.29. The Bertz CT molecular complexity index is 636. The summed E-state index contributed by atoms with van der Waals surface area (Å²) in [5.74, 6) is 0.442. The van der Waals surface area contributed by atoms with Gasteiger partial charge in [0.25, 0.3) is 5.91 Å². The van der Waals surface area contributed by atoms with Crippen molar-refractivity contribution in [3.05, 3.63) is 29.8 Å². The standard InChI is InChI=1S/C15H22N2O3S/c1-11(12-8-9-12)17(4)15(18)13-6-5-7-14(10-13)21(19,20)16(2)3/h5-7,10-12H,8-9H2,1-4H3/t11-/m0/s1. The Morgan fingerprint density at radius 1 is 1.24 bits per heavy atom. The molecule has 1 aromatic rings. The van der Waals surface area contributed by atoms with E-state index in [1.807, 2.05) is 6.92 Å². The Labute approximate surface area is 126 Å². The van der Waals surface area contributed by atoms with E-state index in [0.717, 1.165) is 17.1 Å². The lowest BCUT2D eigenvalue weighted by molar-refractivity contribution is 0.0727. The molecule has 6 heteroatoms. The molecule has 0 aliphatic heterocycles. The molecule has 0 N–H and O–H groups in total. The molecule has 1 fully saturated rings. The average molecular weight is 310 g/mol. The predicted octanol–water partition coefficient (Wildman–Crippen LogP) is 1.81. The van der Waals surface area contributed by atoms with Crippen LogP contribution < -0.4 is 0 Å². The Morgan fingerprint density at radius 3 is 2.38 bits per heavy atom. The highest BCUT2D eigenvalue weighted by Gasteiger charge is 2.33. The quantitative estimate of drug-likeness (QED) is 0.833. The maximum atomic E-state index is 12.5. The second-order valence-corrected chi connectivity index (χ2v) is 7.96. The summed E-state index contributed by atoms with van der Waals surface area (Å²) in [6.07, 6.45) is 2.32. The summed E-state index contributed by atoms with van der Waals surface area (Å²) in [5.41, 5.74) is 0.410. The Morgan fingerprint density at radius 2 is 1.86 bits per heavy atom. The van der Waals surface area contributed by atoms with E-state index in [9.17, 15) is 13.2 Å². The number of hydrogen-bond donors (Lipinski definition) is 0. The van der Waals surface area contributed by atoms with Crippen molar-refractivity contribution in [1.29, 1.82) is 0 Å². The van der Waals surface area contributed by atoms with Crippen LogP contribution in [-0.2, 0) is 10.0 Å². The number of nitrogens with zero attached hydrogens (tertiary/aromatic N) is 2. The van der Waals surface area contributed by atoms with Gasteiger partial charge in [-0.3, -0.25) is 4.79 Å². The zero-order chi connectivity index (χ0) is 15.8. The van der Waals surface area contributed by atoms with Crippen LogP contribution in [-0.4, -0.2) is 50.7 Å². The lowest BCUT2D eigenvalue weighted by atomic mass is 10.1. The molecule has 21 heavy (non-hydrogen) atoms. The van der Waals surface area contributed by atoms with Crippen molar-refractivity contribution < 1.29 is 13.2 Å². The molecule has 0 spiro atoms. The molecule has 0 aromatic heterocycles. The fraction of sp³-hybridized carbons (Fsp3) is 0.533. The van der Waals surface area contributed by atoms with E-state index in [1.54, 1.807) is 24.1 Å². The zero-order valence-corrected chi connectivity index (χ0v) is 13.7. The highest BCUT2D eigenvalue weighted by molar-refractivity contribution is 7.89. The van der Waals surface area contributed by atoms with Crippen LogP contribution in [0.25, 0.3) is 0 Å². The van der Waals surface area contributed by atoms with Gasteiger partial charge in [-0.15, -0.1) is 0 Å². The van der Waals surface area contributed by atoms with Gasteiger partial charge in [0.1, 0.15) is 0 Å². The van der Waals surface area contributed by atoms with Gasteiger partial charge in [-0.1, -0.05) is 6.07 Å². The number of rotatable bonds is 5. The van der Waals surface area contributed by atoms with E-state index < -0.39 is 10.0 Å². The SMILES string of the molecule is C[C@@H](C1CC1)N(C)C(=O)c1cccc(S(=O)(=O)N(C)C)c1. The Hall–Kier alpha value is -1.40. The van der Waals surface area contributed by atoms with Gasteiger partial charge >= 0.3 is 0 Å². The minimum atomic E-state index is -3.52. The van der Waals surface area contributed by atoms with Gasteiger partial charge in [-0.2, -0.15) is 0 Å². The summed E-state index contributed by atoms with van der Waals surface area (Å²) in [4.78, 5) is 14.3. The molecule has 116 valence electrons. The molecule has 1 aromatic carbocycles. The first kappa shape index (κ1) is 16.0. The Balaban J connectivity index is 2.26. The maximum absolute atomic E-state index is 12.5. The van der Waals surface area contributed by atoms with E-state index >= 15 is 0 Å². The van der Waals surface area contributed by atoms with Gasteiger partial charge in [-0.05, 0) is 43.9 Å². The first-order chi connectivity index (χ1) is 9.75. The molecule has 1 saturated carbocycles. The second kappa shape index (κ2) is 5.77. The van der Waals surface area contributed by atoms with Crippen molar-refractivity contribution in [1.82, 2.24) is 9.21 Å². The van der Waals surface area contributed by atoms with Crippen LogP contribution in [0.5, 0.6) is 0 Å². The first-order valence-electron chi connectivity index (χ1n) is 7.05. The highest BCUT2D eigenvalue weighted by atomic mass is 32.2. The van der Waals surface area contributed by atoms with E-state index in [1.165, 1.54) is 26.2 Å². The summed E-state index contributed by atoms with van der Waals surface area (Å²) < 4.78 is 25.4. The number of amides is 1. The molecule has 0 radical (unpaired) electrons. The van der Waals surface area contributed by atoms with E-state index in [2.05, 4.69) is 0 Å². The minimum Gasteiger partial charge on any atom is -0.339 e. The van der Waals surface area contributed by atoms with Crippen molar-refractivity contribution in [3.8, 4) is 0 Å². The summed E-state index contributed by atoms with van der Waals surface area (Å²) >= 11 is 0. The number of sulfonamides is 1. The van der Waals surface area contributed by atoms with E-state index in [4.69, 9.17) is 0 Å². The topological polar surface area (TPSA) is 57.7 Å². The minimum absolute atomic E-state index is 0.134. The van der Waals surface area contributed by atoms with Crippen LogP contribution in [0, 0.1) is 5.92 Å². The molecule has 1 amide bonds. The van der Waals surface area contributed by atoms with Gasteiger partial charge in [0.05, 0.1) is 4.90 Å². The van der Waals surface area contributed by atoms with Crippen LogP contribution >= 0.6 is 0 Å². The van der Waals surface area contributed by atoms with Gasteiger partial charge in [0.2, 0.25) is 10.0 Å². The lowest BCUT2D eigenvalue weighted by Crippen LogP contribution is -2.36. The molecule has 1 aliphatic rings. The zero-order valence-electron chi connectivity index (χ0n) is 12.9. The van der Waals surface area contributed by atoms with E-state index in [0.29, 0.717) is 11.5 Å². The van der Waals surface area contributed by atoms with Gasteiger partial charge in [0, 0.05) is 32.7 Å². The molecule has 0 bridgehead atoms. The van der Waals surface area contributed by atoms with Crippen LogP contribution in [0.1, 0.15) is 30.1 Å². The third-order valence-electron chi connectivity index (χ3n) is 4.10. The van der Waals surface area contributed by atoms with Gasteiger partial charge < -0.3 is 4.90 Å². The largest absolute Gasteiger partial charge is 0.339 e. The smallest absolute Gasteiger partial charge is 0.253 e. The van der Waals surface area contributed by atoms with Crippen molar-refractivity contribution in [2.45, 2.75) is 30.7 Å². The van der Waals surface area contributed by atoms with Crippen LogP contribution in [0.4, 0.5) is 0 Å². The predicted molar refractivity (Wildman–Crippen MR) is 81.6 cm³/mol. The van der Waals surface area contributed by atoms with Crippen LogP contribution in [0.3, 0.4) is 0 Å². The van der Waals surface area contributed by atoms with Crippen molar-refractivity contribution in [3.63, 3.8) is 0 Å². The monoisotopic (exact) mass is 310 g/mol. The van der Waals surface area contributed by atoms with Crippen molar-refractivity contribution in [2.24, 2.45) is 5.92 Å². The number of carbonyl (C=O) groups excluding carboxylic acids is 1. The Kier molecular flexibility index (Phi) is 4.39. The molecular weight excluding hydrogens is 288 g/mol. The molecule has 1 atom stereocenters. The third kappa shape index (κ3) is 3.27. The van der Waals surface area contributed by atoms with Gasteiger partial charge in [-0.25, -0.2) is 12.7 Å². The molecule has 0 saturated heterocycles. The van der Waals surface area contributed by atoms with Crippen molar-refractivity contribution >= 4 is 15.9 Å². The first-order valence-corrected chi connectivity index (χ1v) is 8.49. The van der Waals surface area contributed by atoms with E-state index in [-0.39, 0.29) is 16.8 Å². The summed E-state index contributed by atoms with van der Waals surface area (Å²) in [7, 11) is 1.21. The third-order valence-corrected chi connectivity index (χ3v) is 5.91. The molecule has 2 rings (SSSR count). The highest BCUT2D eigenvalue weighted by Crippen LogP contribution is 2.35. The number of carbonyl (C=O) groups is 1. The van der Waals surface area contributed by atoms with Gasteiger partial charge in [0.15, 0.2) is 0 Å². The van der Waals surface area contributed by atoms with Crippen LogP contribution in [0.15, 0.2) is 29.2 Å². The van der Waals surface area contributed by atoms with Crippen molar-refractivity contribution in [2.75, 3.05) is 21.1 Å². The summed E-state index contributed by atoms with van der Waals surface area (Å²) in [6, 6.07) is 6.42. The lowest BCUT2D eigenvalue weighted by Gasteiger charge is -2.25. The molecular formula is C15H22N2O3S. The summed E-state index contributed by atoms with van der Waals surface area (Å²) in [5, 5.41) is 0.